The van der Waals surface area contributed by atoms with Crippen molar-refractivity contribution in [3.05, 3.63) is 0 Å². The molecule has 0 spiro atoms. The van der Waals surface area contributed by atoms with Gasteiger partial charge in [-0.15, -0.1) is 0 Å². The molecule has 5 N–H and O–H groups in total. The highest BCUT2D eigenvalue weighted by Gasteiger charge is 2.38. The van der Waals surface area contributed by atoms with Crippen molar-refractivity contribution in [2.45, 2.75) is 258 Å². The number of hydrogen-bond donors (Lipinski definition) is 4. The fraction of sp³-hybridized carbons (Fsp3) is 0.982. The van der Waals surface area contributed by atoms with E-state index in [1.807, 2.05) is 41.5 Å². The van der Waals surface area contributed by atoms with Crippen molar-refractivity contribution in [1.82, 2.24) is 0 Å². The monoisotopic (exact) mass is 892 g/mol. The number of hydrogen-bond acceptors (Lipinski definition) is 6. The molecule has 1 heterocycles. The summed E-state index contributed by atoms with van der Waals surface area (Å²) in [5, 5.41) is 26.2. The summed E-state index contributed by atoms with van der Waals surface area (Å²) in [5.41, 5.74) is 7.12. The van der Waals surface area contributed by atoms with Gasteiger partial charge < -0.3 is 30.5 Å². The highest BCUT2D eigenvalue weighted by Crippen LogP contribution is 2.38. The van der Waals surface area contributed by atoms with Gasteiger partial charge in [0.05, 0.1) is 11.7 Å². The van der Waals surface area contributed by atoms with E-state index in [1.165, 1.54) is 19.3 Å². The fourth-order valence-electron chi connectivity index (χ4n) is 3.95. The van der Waals surface area contributed by atoms with Crippen LogP contribution < -0.4 is 5.73 Å². The van der Waals surface area contributed by atoms with Gasteiger partial charge in [0.2, 0.25) is 5.91 Å². The number of carbonyl (C=O) groups excluding carboxylic acids is 1. The highest BCUT2D eigenvalue weighted by molar-refractivity contribution is 5.80. The summed E-state index contributed by atoms with van der Waals surface area (Å²) in [6.07, 6.45) is 5.53. The van der Waals surface area contributed by atoms with Gasteiger partial charge in [0.1, 0.15) is 0 Å². The predicted octanol–water partition coefficient (Wildman–Crippen LogP) is 15.2. The number of amides is 1. The Morgan fingerprint density at radius 2 is 0.935 bits per heavy atom. The molecule has 1 aliphatic heterocycles. The Kier molecular flexibility index (Phi) is 34.2. The van der Waals surface area contributed by atoms with Crippen LogP contribution in [0, 0.1) is 60.1 Å². The Morgan fingerprint density at radius 3 is 1.02 bits per heavy atom. The van der Waals surface area contributed by atoms with Gasteiger partial charge in [-0.1, -0.05) is 194 Å². The third-order valence-corrected chi connectivity index (χ3v) is 13.5. The Labute approximate surface area is 392 Å². The van der Waals surface area contributed by atoms with Crippen LogP contribution in [0.25, 0.3) is 0 Å². The molecule has 1 atom stereocenters. The van der Waals surface area contributed by atoms with Crippen LogP contribution in [-0.4, -0.2) is 66.5 Å². The van der Waals surface area contributed by atoms with Gasteiger partial charge in [0.15, 0.2) is 0 Å². The van der Waals surface area contributed by atoms with Crippen molar-refractivity contribution in [1.29, 1.82) is 0 Å². The van der Waals surface area contributed by atoms with Crippen LogP contribution in [0.1, 0.15) is 247 Å². The average Bonchev–Trinajstić information content (AvgIpc) is 2.98. The minimum absolute atomic E-state index is 0.0208. The van der Waals surface area contributed by atoms with Crippen LogP contribution in [0.15, 0.2) is 0 Å². The summed E-state index contributed by atoms with van der Waals surface area (Å²) >= 11 is 0. The molecular weight excluding hydrogens is 771 g/mol. The number of rotatable bonds is 6. The van der Waals surface area contributed by atoms with E-state index < -0.39 is 5.41 Å². The van der Waals surface area contributed by atoms with E-state index in [4.69, 9.17) is 30.5 Å². The van der Waals surface area contributed by atoms with Gasteiger partial charge in [0.25, 0.3) is 0 Å². The normalized spacial score (nSPS) is 15.4. The number of methoxy groups -OCH3 is 1. The summed E-state index contributed by atoms with van der Waals surface area (Å²) in [6, 6.07) is 0. The second-order valence-electron chi connectivity index (χ2n) is 28.5. The molecule has 0 aliphatic carbocycles. The van der Waals surface area contributed by atoms with E-state index in [0.717, 1.165) is 32.0 Å². The highest BCUT2D eigenvalue weighted by atomic mass is 16.5. The zero-order valence-electron chi connectivity index (χ0n) is 48.7. The van der Waals surface area contributed by atoms with Gasteiger partial charge in [-0.05, 0) is 108 Å². The maximum absolute atomic E-state index is 10.9. The number of ether oxygens (including phenoxy) is 2. The van der Waals surface area contributed by atoms with E-state index in [2.05, 4.69) is 173 Å². The molecule has 1 unspecified atom stereocenters. The number of aliphatic hydroxyl groups is 3. The first-order valence-electron chi connectivity index (χ1n) is 23.9. The zero-order valence-corrected chi connectivity index (χ0v) is 48.7. The van der Waals surface area contributed by atoms with Gasteiger partial charge >= 0.3 is 0 Å². The molecule has 0 saturated carbocycles. The van der Waals surface area contributed by atoms with E-state index in [9.17, 15) is 4.79 Å². The molecule has 7 nitrogen and oxygen atoms in total. The third-order valence-electron chi connectivity index (χ3n) is 13.5. The Bertz CT molecular complexity index is 1050. The van der Waals surface area contributed by atoms with Crippen molar-refractivity contribution in [2.75, 3.05) is 33.5 Å². The molecule has 0 aromatic heterocycles. The summed E-state index contributed by atoms with van der Waals surface area (Å²) in [5.74, 6) is 0.684. The lowest BCUT2D eigenvalue weighted by atomic mass is 9.69. The Morgan fingerprint density at radius 1 is 0.581 bits per heavy atom. The van der Waals surface area contributed by atoms with E-state index in [1.54, 1.807) is 7.11 Å². The van der Waals surface area contributed by atoms with Crippen molar-refractivity contribution >= 4 is 5.91 Å². The van der Waals surface area contributed by atoms with Crippen molar-refractivity contribution in [3.8, 4) is 0 Å². The molecule has 0 aromatic rings. The van der Waals surface area contributed by atoms with E-state index >= 15 is 0 Å². The first-order chi connectivity index (χ1) is 26.6. The number of aliphatic hydroxyl groups excluding tert-OH is 3. The first-order valence-corrected chi connectivity index (χ1v) is 23.9. The molecule has 0 radical (unpaired) electrons. The summed E-state index contributed by atoms with van der Waals surface area (Å²) in [6.45, 7) is 68.8. The standard InChI is InChI=1S/C10H20O.C8H17NO.2C8H18O.C8H18.C7H16O.C6H14O/c1-10(2,3)8-9-4-6-11-7-5-9;1-7(2,3)8(4,5)6(9)10;1-7(2,3)8(4,5)9-6;1-7(2,3)8(4,5)6-9;1-7(2,3)8(4,5)6;1-6(8)5-7(2,3)4;1-6(2,3)4-5-7/h9H,4-8H2,1-3H3;1-5H3,(H2,9,10);1-6H3;9H,6H2,1-5H3;1-6H3;6,8H,5H2,1-4H3;7H,4-5H2,1-3H3. The Balaban J connectivity index is -0.000000148. The molecule has 1 fully saturated rings. The largest absolute Gasteiger partial charge is 0.396 e. The molecule has 1 aliphatic rings. The van der Waals surface area contributed by atoms with Crippen LogP contribution in [-0.2, 0) is 14.3 Å². The summed E-state index contributed by atoms with van der Waals surface area (Å²) in [7, 11) is 1.76. The Hall–Kier alpha value is -0.730. The zero-order chi connectivity index (χ0) is 52.0. The maximum atomic E-state index is 10.9. The number of nitrogens with two attached hydrogens (primary N) is 1. The molecule has 1 rings (SSSR count). The van der Waals surface area contributed by atoms with Gasteiger partial charge in [-0.3, -0.25) is 4.79 Å². The van der Waals surface area contributed by atoms with Crippen molar-refractivity contribution < 1.29 is 29.6 Å². The van der Waals surface area contributed by atoms with Crippen LogP contribution >= 0.6 is 0 Å². The second kappa shape index (κ2) is 29.1. The van der Waals surface area contributed by atoms with Crippen molar-refractivity contribution in [3.63, 3.8) is 0 Å². The van der Waals surface area contributed by atoms with Crippen LogP contribution in [0.5, 0.6) is 0 Å². The lowest BCUT2D eigenvalue weighted by Crippen LogP contribution is -2.42. The quantitative estimate of drug-likeness (QED) is 0.211. The molecule has 0 aromatic carbocycles. The fourth-order valence-corrected chi connectivity index (χ4v) is 3.95. The lowest BCUT2D eigenvalue weighted by Gasteiger charge is -2.37. The number of primary amides is 1. The van der Waals surface area contributed by atoms with Gasteiger partial charge in [-0.2, -0.15) is 0 Å². The molecule has 1 amide bonds. The van der Waals surface area contributed by atoms with Crippen LogP contribution in [0.4, 0.5) is 0 Å². The molecule has 62 heavy (non-hydrogen) atoms. The van der Waals surface area contributed by atoms with E-state index in [0.29, 0.717) is 28.3 Å². The van der Waals surface area contributed by atoms with Crippen LogP contribution in [0.3, 0.4) is 0 Å². The minimum atomic E-state index is -0.424. The summed E-state index contributed by atoms with van der Waals surface area (Å²) in [4.78, 5) is 10.9. The van der Waals surface area contributed by atoms with Gasteiger partial charge in [0, 0.05) is 39.0 Å². The van der Waals surface area contributed by atoms with Crippen LogP contribution in [0.2, 0.25) is 0 Å². The number of carbonyl (C=O) groups is 1. The second-order valence-corrected chi connectivity index (χ2v) is 28.5. The lowest BCUT2D eigenvalue weighted by molar-refractivity contribution is -0.131. The topological polar surface area (TPSA) is 122 Å². The average molecular weight is 893 g/mol. The third kappa shape index (κ3) is 41.9. The van der Waals surface area contributed by atoms with Gasteiger partial charge in [-0.25, -0.2) is 0 Å². The first kappa shape index (κ1) is 72.9. The SMILES string of the molecule is CC(C)(C)C(C)(C)C.CC(C)(C)C(C)(C)C(N)=O.CC(C)(C)C(C)(C)CO.CC(C)(C)CC1CCOCC1.CC(C)(C)CCO.CC(O)CC(C)(C)C.COC(C)(C)C(C)(C)C. The van der Waals surface area contributed by atoms with E-state index in [-0.39, 0.29) is 51.3 Å². The molecule has 1 saturated heterocycles. The predicted molar refractivity (Wildman–Crippen MR) is 277 cm³/mol. The molecule has 0 bridgehead atoms. The molecule has 7 heteroatoms. The smallest absolute Gasteiger partial charge is 0.223 e. The minimum Gasteiger partial charge on any atom is -0.396 e. The molecular formula is C55H121NO6. The summed E-state index contributed by atoms with van der Waals surface area (Å²) < 4.78 is 10.6. The molecule has 382 valence electrons. The maximum Gasteiger partial charge on any atom is 0.223 e. The van der Waals surface area contributed by atoms with Crippen molar-refractivity contribution in [2.24, 2.45) is 65.8 Å².